The van der Waals surface area contributed by atoms with Crippen LogP contribution in [-0.2, 0) is 11.3 Å². The first-order valence-corrected chi connectivity index (χ1v) is 4.92. The summed E-state index contributed by atoms with van der Waals surface area (Å²) in [4.78, 5) is 0. The second-order valence-electron chi connectivity index (χ2n) is 3.67. The van der Waals surface area contributed by atoms with Gasteiger partial charge in [0.1, 0.15) is 5.76 Å². The Kier molecular flexibility index (Phi) is 3.18. The third-order valence-electron chi connectivity index (χ3n) is 2.53. The maximum Gasteiger partial charge on any atom is 0.117 e. The number of rotatable bonds is 4. The van der Waals surface area contributed by atoms with E-state index >= 15 is 0 Å². The predicted octanol–water partition coefficient (Wildman–Crippen LogP) is 0.343. The number of nitrogens with one attached hydrogen (secondary N) is 1. The van der Waals surface area contributed by atoms with E-state index in [9.17, 15) is 0 Å². The average Bonchev–Trinajstić information content (AvgIpc) is 2.78. The van der Waals surface area contributed by atoms with Gasteiger partial charge in [0, 0.05) is 18.5 Å². The highest BCUT2D eigenvalue weighted by atomic mass is 16.5. The van der Waals surface area contributed by atoms with Gasteiger partial charge in [-0.05, 0) is 12.1 Å². The molecule has 1 saturated heterocycles. The van der Waals surface area contributed by atoms with Crippen molar-refractivity contribution in [3.05, 3.63) is 24.2 Å². The first-order chi connectivity index (χ1) is 6.86. The summed E-state index contributed by atoms with van der Waals surface area (Å²) < 4.78 is 10.5. The zero-order valence-electron chi connectivity index (χ0n) is 8.11. The molecule has 1 aromatic rings. The van der Waals surface area contributed by atoms with E-state index in [-0.39, 0.29) is 6.04 Å². The van der Waals surface area contributed by atoms with Crippen LogP contribution in [0, 0.1) is 5.92 Å². The Hall–Kier alpha value is -0.840. The lowest BCUT2D eigenvalue weighted by molar-refractivity contribution is 0.183. The van der Waals surface area contributed by atoms with Crippen LogP contribution in [0.2, 0.25) is 0 Å². The second kappa shape index (κ2) is 4.59. The van der Waals surface area contributed by atoms with Gasteiger partial charge < -0.3 is 20.2 Å². The molecule has 2 heterocycles. The van der Waals surface area contributed by atoms with E-state index in [2.05, 4.69) is 5.32 Å². The Morgan fingerprint density at radius 3 is 3.07 bits per heavy atom. The zero-order valence-corrected chi connectivity index (χ0v) is 8.11. The smallest absolute Gasteiger partial charge is 0.117 e. The molecule has 78 valence electrons. The summed E-state index contributed by atoms with van der Waals surface area (Å²) in [7, 11) is 0. The zero-order chi connectivity index (χ0) is 9.80. The van der Waals surface area contributed by atoms with Crippen molar-refractivity contribution in [3.8, 4) is 0 Å². The Bertz CT molecular complexity index is 261. The van der Waals surface area contributed by atoms with Crippen LogP contribution in [-0.4, -0.2) is 25.8 Å². The molecule has 4 nitrogen and oxygen atoms in total. The monoisotopic (exact) mass is 196 g/mol. The summed E-state index contributed by atoms with van der Waals surface area (Å²) in [5, 5.41) is 3.31. The van der Waals surface area contributed by atoms with Gasteiger partial charge in [-0.1, -0.05) is 0 Å². The summed E-state index contributed by atoms with van der Waals surface area (Å²) in [5.74, 6) is 1.39. The van der Waals surface area contributed by atoms with Gasteiger partial charge in [-0.2, -0.15) is 0 Å². The van der Waals surface area contributed by atoms with Crippen LogP contribution < -0.4 is 11.1 Å². The lowest BCUT2D eigenvalue weighted by atomic mass is 10.1. The average molecular weight is 196 g/mol. The van der Waals surface area contributed by atoms with Crippen molar-refractivity contribution in [3.63, 3.8) is 0 Å². The molecule has 2 rings (SSSR count). The fraction of sp³-hybridized carbons (Fsp3) is 0.600. The molecule has 0 aliphatic carbocycles. The molecule has 0 aromatic carbocycles. The highest BCUT2D eigenvalue weighted by Crippen LogP contribution is 2.10. The van der Waals surface area contributed by atoms with Crippen molar-refractivity contribution in [2.24, 2.45) is 11.7 Å². The SMILES string of the molecule is NC1COCC1CNCc1ccco1. The molecule has 1 aromatic heterocycles. The molecule has 14 heavy (non-hydrogen) atoms. The molecule has 0 amide bonds. The third kappa shape index (κ3) is 2.35. The molecule has 2 unspecified atom stereocenters. The molecule has 3 N–H and O–H groups in total. The molecular weight excluding hydrogens is 180 g/mol. The van der Waals surface area contributed by atoms with Crippen LogP contribution in [0.25, 0.3) is 0 Å². The Balaban J connectivity index is 1.68. The number of hydrogen-bond donors (Lipinski definition) is 2. The molecule has 1 aliphatic heterocycles. The summed E-state index contributed by atoms with van der Waals surface area (Å²) in [6.07, 6.45) is 1.68. The molecule has 0 spiro atoms. The molecule has 1 aliphatic rings. The quantitative estimate of drug-likeness (QED) is 0.729. The normalized spacial score (nSPS) is 26.9. The number of furan rings is 1. The minimum atomic E-state index is 0.180. The van der Waals surface area contributed by atoms with Gasteiger partial charge in [-0.15, -0.1) is 0 Å². The van der Waals surface area contributed by atoms with E-state index in [0.29, 0.717) is 12.5 Å². The molecule has 1 fully saturated rings. The van der Waals surface area contributed by atoms with E-state index in [1.165, 1.54) is 0 Å². The molecule has 0 radical (unpaired) electrons. The summed E-state index contributed by atoms with van der Waals surface area (Å²) in [5.41, 5.74) is 5.85. The number of hydrogen-bond acceptors (Lipinski definition) is 4. The standard InChI is InChI=1S/C10H16N2O2/c11-10-7-13-6-8(10)4-12-5-9-2-1-3-14-9/h1-3,8,10,12H,4-7,11H2. The van der Waals surface area contributed by atoms with Crippen molar-refractivity contribution in [1.82, 2.24) is 5.32 Å². The van der Waals surface area contributed by atoms with E-state index in [1.54, 1.807) is 6.26 Å². The lowest BCUT2D eigenvalue weighted by Crippen LogP contribution is -2.35. The topological polar surface area (TPSA) is 60.4 Å². The first kappa shape index (κ1) is 9.71. The maximum absolute atomic E-state index is 5.85. The third-order valence-corrected chi connectivity index (χ3v) is 2.53. The van der Waals surface area contributed by atoms with E-state index in [1.807, 2.05) is 12.1 Å². The Morgan fingerprint density at radius 1 is 1.50 bits per heavy atom. The van der Waals surface area contributed by atoms with Crippen LogP contribution in [0.1, 0.15) is 5.76 Å². The molecular formula is C10H16N2O2. The number of ether oxygens (including phenoxy) is 1. The fourth-order valence-corrected chi connectivity index (χ4v) is 1.62. The summed E-state index contributed by atoms with van der Waals surface area (Å²) >= 11 is 0. The molecule has 0 bridgehead atoms. The summed E-state index contributed by atoms with van der Waals surface area (Å²) in [6, 6.07) is 4.03. The van der Waals surface area contributed by atoms with Gasteiger partial charge >= 0.3 is 0 Å². The van der Waals surface area contributed by atoms with Crippen LogP contribution in [0.15, 0.2) is 22.8 Å². The second-order valence-corrected chi connectivity index (χ2v) is 3.67. The van der Waals surface area contributed by atoms with Gasteiger partial charge in [0.2, 0.25) is 0 Å². The van der Waals surface area contributed by atoms with Crippen molar-refractivity contribution in [2.45, 2.75) is 12.6 Å². The molecule has 4 heteroatoms. The van der Waals surface area contributed by atoms with Gasteiger partial charge in [0.15, 0.2) is 0 Å². The lowest BCUT2D eigenvalue weighted by Gasteiger charge is -2.12. The van der Waals surface area contributed by atoms with Crippen LogP contribution in [0.3, 0.4) is 0 Å². The van der Waals surface area contributed by atoms with Gasteiger partial charge in [-0.3, -0.25) is 0 Å². The van der Waals surface area contributed by atoms with Crippen molar-refractivity contribution in [2.75, 3.05) is 19.8 Å². The maximum atomic E-state index is 5.85. The predicted molar refractivity (Wildman–Crippen MR) is 52.7 cm³/mol. The Morgan fingerprint density at radius 2 is 2.43 bits per heavy atom. The van der Waals surface area contributed by atoms with Crippen LogP contribution in [0.5, 0.6) is 0 Å². The van der Waals surface area contributed by atoms with Gasteiger partial charge in [0.05, 0.1) is 26.0 Å². The largest absolute Gasteiger partial charge is 0.468 e. The van der Waals surface area contributed by atoms with E-state index in [0.717, 1.165) is 25.5 Å². The van der Waals surface area contributed by atoms with Crippen LogP contribution >= 0.6 is 0 Å². The Labute approximate surface area is 83.4 Å². The van der Waals surface area contributed by atoms with Crippen molar-refractivity contribution in [1.29, 1.82) is 0 Å². The van der Waals surface area contributed by atoms with Gasteiger partial charge in [0.25, 0.3) is 0 Å². The molecule has 0 saturated carbocycles. The highest BCUT2D eigenvalue weighted by molar-refractivity contribution is 4.97. The van der Waals surface area contributed by atoms with Crippen LogP contribution in [0.4, 0.5) is 0 Å². The van der Waals surface area contributed by atoms with Gasteiger partial charge in [-0.25, -0.2) is 0 Å². The first-order valence-electron chi connectivity index (χ1n) is 4.92. The van der Waals surface area contributed by atoms with Crippen molar-refractivity contribution < 1.29 is 9.15 Å². The number of nitrogens with two attached hydrogens (primary N) is 1. The minimum Gasteiger partial charge on any atom is -0.468 e. The fourth-order valence-electron chi connectivity index (χ4n) is 1.62. The highest BCUT2D eigenvalue weighted by Gasteiger charge is 2.23. The minimum absolute atomic E-state index is 0.180. The van der Waals surface area contributed by atoms with E-state index in [4.69, 9.17) is 14.9 Å². The van der Waals surface area contributed by atoms with E-state index < -0.39 is 0 Å². The molecule has 2 atom stereocenters. The van der Waals surface area contributed by atoms with Crippen molar-refractivity contribution >= 4 is 0 Å². The summed E-state index contributed by atoms with van der Waals surface area (Å²) in [6.45, 7) is 3.11.